The number of rotatable bonds is 15. The number of aromatic nitrogens is 3. The maximum absolute atomic E-state index is 14.6. The molecule has 0 radical (unpaired) electrons. The predicted octanol–water partition coefficient (Wildman–Crippen LogP) is 4.37. The second-order valence-electron chi connectivity index (χ2n) is 18.5. The summed E-state index contributed by atoms with van der Waals surface area (Å²) >= 11 is 2.95. The number of amides is 5. The molecule has 3 aromatic carbocycles. The molecule has 2 fully saturated rings. The normalized spacial score (nSPS) is 20.8. The molecule has 19 heteroatoms. The quantitative estimate of drug-likeness (QED) is 0.0966. The van der Waals surface area contributed by atoms with Crippen LogP contribution in [-0.4, -0.2) is 124 Å². The zero-order chi connectivity index (χ0) is 49.4. The van der Waals surface area contributed by atoms with Crippen LogP contribution >= 0.6 is 22.7 Å². The number of nitrogens with one attached hydrogen (secondary N) is 2. The number of β-amino-alcohol motifs (C(OH)–C–C–N with tert-alkyl or cyclic N) is 2. The van der Waals surface area contributed by atoms with Crippen molar-refractivity contribution in [1.29, 1.82) is 0 Å². The molecule has 7 atom stereocenters. The van der Waals surface area contributed by atoms with Crippen molar-refractivity contribution < 1.29 is 43.8 Å². The third kappa shape index (κ3) is 9.76. The van der Waals surface area contributed by atoms with Crippen molar-refractivity contribution in [2.75, 3.05) is 13.1 Å². The number of aliphatic hydroxyl groups is 3. The highest BCUT2D eigenvalue weighted by molar-refractivity contribution is 7.13. The van der Waals surface area contributed by atoms with E-state index in [0.717, 1.165) is 37.7 Å². The van der Waals surface area contributed by atoms with Crippen LogP contribution in [0.3, 0.4) is 0 Å². The fourth-order valence-electron chi connectivity index (χ4n) is 9.72. The monoisotopic (exact) mass is 986 g/mol. The molecular weight excluding hydrogens is 933 g/mol. The number of carbonyl (C=O) groups is 5. The van der Waals surface area contributed by atoms with E-state index in [2.05, 4.69) is 25.8 Å². The summed E-state index contributed by atoms with van der Waals surface area (Å²) in [5, 5.41) is 42.4. The molecule has 5 N–H and O–H groups in total. The van der Waals surface area contributed by atoms with Crippen LogP contribution in [0.2, 0.25) is 0 Å². The number of aryl methyl sites for hydroxylation is 2. The molecule has 0 spiro atoms. The van der Waals surface area contributed by atoms with E-state index in [1.165, 1.54) is 26.0 Å². The van der Waals surface area contributed by atoms with Crippen LogP contribution in [0.4, 0.5) is 0 Å². The minimum absolute atomic E-state index is 0.0344. The lowest BCUT2D eigenvalue weighted by atomic mass is 9.95. The van der Waals surface area contributed by atoms with E-state index < -0.39 is 60.1 Å². The van der Waals surface area contributed by atoms with E-state index in [-0.39, 0.29) is 63.3 Å². The van der Waals surface area contributed by atoms with Crippen LogP contribution in [0.5, 0.6) is 0 Å². The largest absolute Gasteiger partial charge is 0.391 e. The van der Waals surface area contributed by atoms with Crippen molar-refractivity contribution in [1.82, 2.24) is 40.5 Å². The van der Waals surface area contributed by atoms with E-state index in [1.54, 1.807) is 42.0 Å². The average Bonchev–Trinajstić information content (AvgIpc) is 4.24. The summed E-state index contributed by atoms with van der Waals surface area (Å²) in [6, 6.07) is 20.8. The van der Waals surface area contributed by atoms with E-state index in [4.69, 9.17) is 4.52 Å². The zero-order valence-corrected chi connectivity index (χ0v) is 40.7. The van der Waals surface area contributed by atoms with Gasteiger partial charge in [-0.05, 0) is 53.6 Å². The summed E-state index contributed by atoms with van der Waals surface area (Å²) in [4.78, 5) is 84.7. The summed E-state index contributed by atoms with van der Waals surface area (Å²) in [6.45, 7) is 7.55. The lowest BCUT2D eigenvalue weighted by Gasteiger charge is -2.35. The highest BCUT2D eigenvalue weighted by Crippen LogP contribution is 2.36. The fourth-order valence-corrected chi connectivity index (χ4v) is 11.4. The summed E-state index contributed by atoms with van der Waals surface area (Å²) < 4.78 is 5.68. The van der Waals surface area contributed by atoms with Gasteiger partial charge in [0.05, 0.1) is 56.6 Å². The van der Waals surface area contributed by atoms with Gasteiger partial charge < -0.3 is 45.2 Å². The first-order valence-electron chi connectivity index (χ1n) is 23.2. The minimum atomic E-state index is -1.54. The maximum Gasteiger partial charge on any atom is 0.255 e. The molecule has 6 heterocycles. The van der Waals surface area contributed by atoms with E-state index >= 15 is 0 Å². The lowest BCUT2D eigenvalue weighted by molar-refractivity contribution is -0.145. The summed E-state index contributed by atoms with van der Waals surface area (Å²) in [6.07, 6.45) is -3.63. The van der Waals surface area contributed by atoms with Gasteiger partial charge in [-0.1, -0.05) is 85.7 Å². The molecule has 70 heavy (non-hydrogen) atoms. The van der Waals surface area contributed by atoms with Crippen molar-refractivity contribution in [3.8, 4) is 20.9 Å². The number of fused-ring (bicyclic) bond motifs is 1. The Kier molecular flexibility index (Phi) is 14.1. The number of likely N-dealkylation sites (tertiary alicyclic amines) is 2. The Morgan fingerprint density at radius 2 is 1.44 bits per heavy atom. The summed E-state index contributed by atoms with van der Waals surface area (Å²) in [5.74, 6) is -3.19. The van der Waals surface area contributed by atoms with Crippen LogP contribution in [0.15, 0.2) is 94.4 Å². The molecule has 6 aromatic rings. The van der Waals surface area contributed by atoms with E-state index in [1.807, 2.05) is 86.9 Å². The molecule has 0 aliphatic carbocycles. The standard InChI is InChI=1S/C51H54N8O9S2/c1-27(2)42(58-22-34-7-5-6-8-36(34)49(58)65)51(67)59-24-40(61)44(62)43(59)48(64)53-21-31-11-15-33(16-12-31)46-38(55-26-70-46)19-37(41-17-28(3)56-68-41)50(66)57-23-35(60)18-39(57)47(63)52-20-30-9-13-32(14-10-30)45-29(4)54-25-69-45/h5-17,25-27,35,37,39-40,42-44,60-62H,18-24H2,1-4H3,(H,52,63)(H,53,64)/t35-,37-,39+,40+,42+,43+,44+/m1/s1. The molecule has 17 nitrogen and oxygen atoms in total. The maximum atomic E-state index is 14.6. The van der Waals surface area contributed by atoms with Gasteiger partial charge in [-0.3, -0.25) is 24.0 Å². The number of thiazole rings is 2. The molecule has 2 saturated heterocycles. The van der Waals surface area contributed by atoms with Crippen molar-refractivity contribution >= 4 is 52.2 Å². The molecule has 0 unspecified atom stereocenters. The average molecular weight is 987 g/mol. The Balaban J connectivity index is 0.853. The molecule has 3 aliphatic heterocycles. The van der Waals surface area contributed by atoms with Crippen LogP contribution < -0.4 is 10.6 Å². The minimum Gasteiger partial charge on any atom is -0.391 e. The van der Waals surface area contributed by atoms with Crippen molar-refractivity contribution in [3.63, 3.8) is 0 Å². The van der Waals surface area contributed by atoms with Gasteiger partial charge in [-0.25, -0.2) is 9.97 Å². The molecule has 0 bridgehead atoms. The lowest BCUT2D eigenvalue weighted by Crippen LogP contribution is -2.57. The Morgan fingerprint density at radius 3 is 2.07 bits per heavy atom. The number of nitrogens with zero attached hydrogens (tertiary/aromatic N) is 6. The van der Waals surface area contributed by atoms with Gasteiger partial charge in [0.1, 0.15) is 35.9 Å². The number of benzene rings is 3. The Labute approximate surface area is 412 Å². The van der Waals surface area contributed by atoms with Crippen LogP contribution in [0.1, 0.15) is 76.1 Å². The van der Waals surface area contributed by atoms with Gasteiger partial charge in [0, 0.05) is 50.7 Å². The summed E-state index contributed by atoms with van der Waals surface area (Å²) in [5.41, 5.74) is 10.4. The molecule has 364 valence electrons. The number of carbonyl (C=O) groups excluding carboxylic acids is 5. The molecule has 5 amide bonds. The Hall–Kier alpha value is -6.64. The number of hydrogen-bond acceptors (Lipinski definition) is 14. The van der Waals surface area contributed by atoms with Gasteiger partial charge in [-0.15, -0.1) is 22.7 Å². The second kappa shape index (κ2) is 20.4. The van der Waals surface area contributed by atoms with Crippen molar-refractivity contribution in [2.45, 2.75) is 103 Å². The van der Waals surface area contributed by atoms with Gasteiger partial charge >= 0.3 is 0 Å². The van der Waals surface area contributed by atoms with Crippen LogP contribution in [-0.2, 0) is 45.2 Å². The first-order chi connectivity index (χ1) is 33.7. The predicted molar refractivity (Wildman–Crippen MR) is 260 cm³/mol. The fraction of sp³-hybridized carbons (Fsp3) is 0.373. The van der Waals surface area contributed by atoms with E-state index in [9.17, 15) is 39.3 Å². The highest BCUT2D eigenvalue weighted by Gasteiger charge is 2.50. The third-order valence-electron chi connectivity index (χ3n) is 13.4. The molecule has 3 aromatic heterocycles. The van der Waals surface area contributed by atoms with Crippen LogP contribution in [0.25, 0.3) is 20.9 Å². The topological polar surface area (TPSA) is 232 Å². The highest BCUT2D eigenvalue weighted by atomic mass is 32.1. The van der Waals surface area contributed by atoms with Gasteiger partial charge in [-0.2, -0.15) is 0 Å². The SMILES string of the molecule is Cc1cc([C@@H](Cc2ncsc2-c2ccc(CNC(=O)[C@@H]3[C@@H](O)[C@@H](O)CN3C(=O)[C@H](C(C)C)N3Cc4ccccc4C3=O)cc2)C(=O)N2C[C@H](O)C[C@H]2C(=O)NCc2ccc(-c3scnc3C)cc2)on1. The number of hydrogen-bond donors (Lipinski definition) is 5. The smallest absolute Gasteiger partial charge is 0.255 e. The first-order valence-corrected chi connectivity index (χ1v) is 25.0. The van der Waals surface area contributed by atoms with Gasteiger partial charge in [0.25, 0.3) is 5.91 Å². The third-order valence-corrected chi connectivity index (χ3v) is 15.3. The van der Waals surface area contributed by atoms with Gasteiger partial charge in [0.2, 0.25) is 23.6 Å². The summed E-state index contributed by atoms with van der Waals surface area (Å²) in [7, 11) is 0. The molecule has 0 saturated carbocycles. The zero-order valence-electron chi connectivity index (χ0n) is 39.0. The Bertz CT molecular complexity index is 2900. The Morgan fingerprint density at radius 1 is 0.800 bits per heavy atom. The van der Waals surface area contributed by atoms with E-state index in [0.29, 0.717) is 28.3 Å². The number of aliphatic hydroxyl groups excluding tert-OH is 3. The second-order valence-corrected chi connectivity index (χ2v) is 20.2. The molecule has 9 rings (SSSR count). The first kappa shape index (κ1) is 48.4. The molecular formula is C51H54N8O9S2. The van der Waals surface area contributed by atoms with Gasteiger partial charge in [0.15, 0.2) is 0 Å². The van der Waals surface area contributed by atoms with Crippen LogP contribution in [0, 0.1) is 19.8 Å². The van der Waals surface area contributed by atoms with Crippen molar-refractivity contribution in [3.05, 3.63) is 135 Å². The molecule has 3 aliphatic rings. The van der Waals surface area contributed by atoms with Crippen molar-refractivity contribution in [2.24, 2.45) is 5.92 Å².